The second-order valence-electron chi connectivity index (χ2n) is 5.77. The summed E-state index contributed by atoms with van der Waals surface area (Å²) in [5.74, 6) is 0.302. The number of hydrogen-bond acceptors (Lipinski definition) is 3. The van der Waals surface area contributed by atoms with E-state index in [9.17, 15) is 9.59 Å². The lowest BCUT2D eigenvalue weighted by Gasteiger charge is -2.31. The van der Waals surface area contributed by atoms with Gasteiger partial charge in [-0.05, 0) is 43.0 Å². The fraction of sp³-hybridized carbons (Fsp3) is 0.500. The van der Waals surface area contributed by atoms with Gasteiger partial charge in [0.2, 0.25) is 0 Å². The molecule has 7 heteroatoms. The lowest BCUT2D eigenvalue weighted by atomic mass is 9.84. The standard InChI is InChI=1S/C16H24N4O2.ClH/c17-9-13-3-1-2-4-14(13)20-15(21)12-7-5-11(6-8-12)10-19-16(18)22;/h5-8,13-14H,1-4,9-10,17H2,(H,20,21)(H3,18,19,22);1H. The van der Waals surface area contributed by atoms with Gasteiger partial charge in [0.1, 0.15) is 0 Å². The van der Waals surface area contributed by atoms with E-state index in [0.29, 0.717) is 24.6 Å². The van der Waals surface area contributed by atoms with Crippen LogP contribution in [0.3, 0.4) is 0 Å². The van der Waals surface area contributed by atoms with Crippen LogP contribution < -0.4 is 22.1 Å². The Morgan fingerprint density at radius 1 is 1.13 bits per heavy atom. The van der Waals surface area contributed by atoms with E-state index in [4.69, 9.17) is 11.5 Å². The molecule has 1 aliphatic carbocycles. The maximum absolute atomic E-state index is 12.3. The number of hydrogen-bond donors (Lipinski definition) is 4. The zero-order valence-corrected chi connectivity index (χ0v) is 13.9. The van der Waals surface area contributed by atoms with E-state index in [2.05, 4.69) is 10.6 Å². The molecule has 0 bridgehead atoms. The molecule has 2 atom stereocenters. The highest BCUT2D eigenvalue weighted by molar-refractivity contribution is 5.94. The first kappa shape index (κ1) is 19.3. The Bertz CT molecular complexity index is 521. The summed E-state index contributed by atoms with van der Waals surface area (Å²) < 4.78 is 0. The second kappa shape index (κ2) is 9.37. The van der Waals surface area contributed by atoms with Crippen molar-refractivity contribution in [3.63, 3.8) is 0 Å². The molecule has 0 heterocycles. The zero-order chi connectivity index (χ0) is 15.9. The average molecular weight is 341 g/mol. The maximum atomic E-state index is 12.3. The molecule has 0 aromatic heterocycles. The Balaban J connectivity index is 0.00000264. The third kappa shape index (κ3) is 5.73. The monoisotopic (exact) mass is 340 g/mol. The Hall–Kier alpha value is -1.79. The molecule has 2 unspecified atom stereocenters. The van der Waals surface area contributed by atoms with E-state index in [-0.39, 0.29) is 24.4 Å². The van der Waals surface area contributed by atoms with E-state index in [0.717, 1.165) is 24.8 Å². The number of rotatable bonds is 5. The predicted octanol–water partition coefficient (Wildman–Crippen LogP) is 1.52. The van der Waals surface area contributed by atoms with Crippen LogP contribution in [0.25, 0.3) is 0 Å². The van der Waals surface area contributed by atoms with E-state index in [1.807, 2.05) is 12.1 Å². The molecular formula is C16H25ClN4O2. The van der Waals surface area contributed by atoms with Crippen molar-refractivity contribution >= 4 is 24.3 Å². The minimum Gasteiger partial charge on any atom is -0.352 e. The van der Waals surface area contributed by atoms with Crippen LogP contribution in [0.1, 0.15) is 41.6 Å². The predicted molar refractivity (Wildman–Crippen MR) is 92.4 cm³/mol. The van der Waals surface area contributed by atoms with Gasteiger partial charge in [-0.2, -0.15) is 0 Å². The van der Waals surface area contributed by atoms with Crippen molar-refractivity contribution in [1.29, 1.82) is 0 Å². The van der Waals surface area contributed by atoms with Gasteiger partial charge < -0.3 is 22.1 Å². The molecule has 0 spiro atoms. The number of nitrogens with one attached hydrogen (secondary N) is 2. The first-order chi connectivity index (χ1) is 10.6. The molecule has 1 fully saturated rings. The molecule has 0 saturated heterocycles. The fourth-order valence-corrected chi connectivity index (χ4v) is 2.89. The van der Waals surface area contributed by atoms with Gasteiger partial charge in [-0.25, -0.2) is 4.79 Å². The van der Waals surface area contributed by atoms with Crippen molar-refractivity contribution in [3.8, 4) is 0 Å². The van der Waals surface area contributed by atoms with E-state index >= 15 is 0 Å². The minimum atomic E-state index is -0.563. The molecular weight excluding hydrogens is 316 g/mol. The largest absolute Gasteiger partial charge is 0.352 e. The quantitative estimate of drug-likeness (QED) is 0.652. The maximum Gasteiger partial charge on any atom is 0.312 e. The lowest BCUT2D eigenvalue weighted by molar-refractivity contribution is 0.0908. The second-order valence-corrected chi connectivity index (χ2v) is 5.77. The number of nitrogens with two attached hydrogens (primary N) is 2. The van der Waals surface area contributed by atoms with Gasteiger partial charge in [0.25, 0.3) is 5.91 Å². The number of halogens is 1. The molecule has 2 rings (SSSR count). The minimum absolute atomic E-state index is 0. The van der Waals surface area contributed by atoms with Gasteiger partial charge in [0.05, 0.1) is 0 Å². The summed E-state index contributed by atoms with van der Waals surface area (Å²) in [6.45, 7) is 0.970. The molecule has 1 aromatic rings. The molecule has 23 heavy (non-hydrogen) atoms. The molecule has 6 N–H and O–H groups in total. The summed E-state index contributed by atoms with van der Waals surface area (Å²) >= 11 is 0. The van der Waals surface area contributed by atoms with Gasteiger partial charge in [-0.3, -0.25) is 4.79 Å². The van der Waals surface area contributed by atoms with Crippen molar-refractivity contribution in [3.05, 3.63) is 35.4 Å². The van der Waals surface area contributed by atoms with Gasteiger partial charge in [0, 0.05) is 18.2 Å². The lowest BCUT2D eigenvalue weighted by Crippen LogP contribution is -2.44. The van der Waals surface area contributed by atoms with Gasteiger partial charge in [0.15, 0.2) is 0 Å². The molecule has 1 aromatic carbocycles. The van der Waals surface area contributed by atoms with Gasteiger partial charge >= 0.3 is 6.03 Å². The summed E-state index contributed by atoms with van der Waals surface area (Å²) in [4.78, 5) is 23.0. The van der Waals surface area contributed by atoms with Crippen LogP contribution in [-0.2, 0) is 6.54 Å². The fourth-order valence-electron chi connectivity index (χ4n) is 2.89. The van der Waals surface area contributed by atoms with Crippen LogP contribution in [-0.4, -0.2) is 24.5 Å². The van der Waals surface area contributed by atoms with Crippen LogP contribution >= 0.6 is 12.4 Å². The number of primary amides is 1. The van der Waals surface area contributed by atoms with Crippen molar-refractivity contribution in [2.45, 2.75) is 38.3 Å². The third-order valence-electron chi connectivity index (χ3n) is 4.21. The molecule has 0 radical (unpaired) electrons. The Morgan fingerprint density at radius 2 is 1.78 bits per heavy atom. The Morgan fingerprint density at radius 3 is 2.39 bits per heavy atom. The molecule has 1 saturated carbocycles. The summed E-state index contributed by atoms with van der Waals surface area (Å²) in [5, 5.41) is 5.61. The highest BCUT2D eigenvalue weighted by atomic mass is 35.5. The zero-order valence-electron chi connectivity index (χ0n) is 13.1. The summed E-state index contributed by atoms with van der Waals surface area (Å²) in [5.41, 5.74) is 12.3. The van der Waals surface area contributed by atoms with Crippen molar-refractivity contribution in [2.24, 2.45) is 17.4 Å². The smallest absolute Gasteiger partial charge is 0.312 e. The van der Waals surface area contributed by atoms with Crippen molar-refractivity contribution in [1.82, 2.24) is 10.6 Å². The number of carbonyl (C=O) groups is 2. The van der Waals surface area contributed by atoms with E-state index in [1.165, 1.54) is 6.42 Å². The SMILES string of the molecule is Cl.NCC1CCCCC1NC(=O)c1ccc(CNC(N)=O)cc1. The van der Waals surface area contributed by atoms with Crippen LogP contribution in [0.4, 0.5) is 4.79 Å². The Labute approximate surface area is 142 Å². The summed E-state index contributed by atoms with van der Waals surface area (Å²) in [6, 6.07) is 6.74. The van der Waals surface area contributed by atoms with Crippen LogP contribution in [0, 0.1) is 5.92 Å². The first-order valence-corrected chi connectivity index (χ1v) is 7.73. The number of amides is 3. The number of carbonyl (C=O) groups excluding carboxylic acids is 2. The molecule has 3 amide bonds. The first-order valence-electron chi connectivity index (χ1n) is 7.73. The highest BCUT2D eigenvalue weighted by Gasteiger charge is 2.25. The molecule has 6 nitrogen and oxygen atoms in total. The normalized spacial score (nSPS) is 20.2. The Kier molecular flexibility index (Phi) is 7.85. The number of urea groups is 1. The van der Waals surface area contributed by atoms with Crippen LogP contribution in [0.5, 0.6) is 0 Å². The van der Waals surface area contributed by atoms with E-state index in [1.54, 1.807) is 12.1 Å². The molecule has 0 aliphatic heterocycles. The van der Waals surface area contributed by atoms with Crippen LogP contribution in [0.15, 0.2) is 24.3 Å². The summed E-state index contributed by atoms with van der Waals surface area (Å²) in [7, 11) is 0. The molecule has 1 aliphatic rings. The average Bonchev–Trinajstić information content (AvgIpc) is 2.54. The molecule has 128 valence electrons. The van der Waals surface area contributed by atoms with E-state index < -0.39 is 6.03 Å². The summed E-state index contributed by atoms with van der Waals surface area (Å²) in [6.07, 6.45) is 4.41. The van der Waals surface area contributed by atoms with Crippen molar-refractivity contribution in [2.75, 3.05) is 6.54 Å². The topological polar surface area (TPSA) is 110 Å². The van der Waals surface area contributed by atoms with Gasteiger partial charge in [-0.15, -0.1) is 12.4 Å². The van der Waals surface area contributed by atoms with Gasteiger partial charge in [-0.1, -0.05) is 25.0 Å². The number of benzene rings is 1. The van der Waals surface area contributed by atoms with Crippen LogP contribution in [0.2, 0.25) is 0 Å². The third-order valence-corrected chi connectivity index (χ3v) is 4.21. The van der Waals surface area contributed by atoms with Crippen molar-refractivity contribution < 1.29 is 9.59 Å². The highest BCUT2D eigenvalue weighted by Crippen LogP contribution is 2.23.